The molecule has 2 bridgehead atoms. The molecular weight excluding hydrogens is 220 g/mol. The summed E-state index contributed by atoms with van der Waals surface area (Å²) in [6.45, 7) is 4.70. The minimum absolute atomic E-state index is 0.414. The van der Waals surface area contributed by atoms with Crippen molar-refractivity contribution in [1.29, 1.82) is 0 Å². The Hall–Kier alpha value is -0.330. The fourth-order valence-corrected chi connectivity index (χ4v) is 4.77. The van der Waals surface area contributed by atoms with E-state index in [1.54, 1.807) is 0 Å². The first-order chi connectivity index (χ1) is 8.53. The highest BCUT2D eigenvalue weighted by molar-refractivity contribution is 5.81. The number of ketones is 1. The Bertz CT molecular complexity index is 321. The Labute approximate surface area is 112 Å². The zero-order valence-electron chi connectivity index (χ0n) is 12.1. The van der Waals surface area contributed by atoms with Gasteiger partial charge in [-0.05, 0) is 68.1 Å². The van der Waals surface area contributed by atoms with Crippen molar-refractivity contribution in [3.8, 4) is 0 Å². The van der Waals surface area contributed by atoms with Crippen molar-refractivity contribution in [2.75, 3.05) is 0 Å². The van der Waals surface area contributed by atoms with Crippen molar-refractivity contribution < 1.29 is 4.79 Å². The Balaban J connectivity index is 1.50. The second kappa shape index (κ2) is 4.65. The molecule has 0 saturated heterocycles. The largest absolute Gasteiger partial charge is 0.299 e. The number of carbonyl (C=O) groups excluding carboxylic acids is 1. The number of rotatable bonds is 3. The van der Waals surface area contributed by atoms with Crippen LogP contribution in [0.4, 0.5) is 0 Å². The third-order valence-corrected chi connectivity index (χ3v) is 6.14. The molecule has 3 rings (SSSR count). The van der Waals surface area contributed by atoms with Crippen LogP contribution in [0.25, 0.3) is 0 Å². The molecule has 0 aromatic rings. The van der Waals surface area contributed by atoms with E-state index in [0.717, 1.165) is 37.0 Å². The molecule has 0 aliphatic heterocycles. The van der Waals surface area contributed by atoms with E-state index in [9.17, 15) is 4.79 Å². The van der Waals surface area contributed by atoms with Crippen LogP contribution in [0.3, 0.4) is 0 Å². The number of Topliss-reactive ketones (excluding diaryl/α,β-unsaturated/α-hetero) is 1. The molecule has 0 radical (unpaired) electrons. The van der Waals surface area contributed by atoms with Gasteiger partial charge in [0.05, 0.1) is 0 Å². The molecule has 0 N–H and O–H groups in total. The van der Waals surface area contributed by atoms with Crippen molar-refractivity contribution in [2.24, 2.45) is 29.1 Å². The van der Waals surface area contributed by atoms with Crippen LogP contribution >= 0.6 is 0 Å². The minimum atomic E-state index is 0.414. The SMILES string of the molecule is CC1(C)CCC(C(=O)CC2CC3CCC2C3)CC1. The van der Waals surface area contributed by atoms with Crippen molar-refractivity contribution in [3.05, 3.63) is 0 Å². The molecule has 1 heteroatoms. The smallest absolute Gasteiger partial charge is 0.136 e. The summed E-state index contributed by atoms with van der Waals surface area (Å²) in [6.07, 6.45) is 11.4. The van der Waals surface area contributed by atoms with Crippen LogP contribution in [0.5, 0.6) is 0 Å². The minimum Gasteiger partial charge on any atom is -0.299 e. The summed E-state index contributed by atoms with van der Waals surface area (Å²) in [4.78, 5) is 12.4. The van der Waals surface area contributed by atoms with E-state index in [2.05, 4.69) is 13.8 Å². The number of hydrogen-bond acceptors (Lipinski definition) is 1. The Morgan fingerprint density at radius 1 is 1.06 bits per heavy atom. The lowest BCUT2D eigenvalue weighted by Crippen LogP contribution is -2.28. The summed E-state index contributed by atoms with van der Waals surface area (Å²) in [5.41, 5.74) is 0.489. The van der Waals surface area contributed by atoms with Crippen LogP contribution in [0.2, 0.25) is 0 Å². The predicted molar refractivity (Wildman–Crippen MR) is 74.3 cm³/mol. The lowest BCUT2D eigenvalue weighted by molar-refractivity contribution is -0.125. The lowest BCUT2D eigenvalue weighted by atomic mass is 9.70. The van der Waals surface area contributed by atoms with Crippen LogP contribution in [-0.4, -0.2) is 5.78 Å². The first-order valence-electron chi connectivity index (χ1n) is 8.06. The quantitative estimate of drug-likeness (QED) is 0.713. The molecule has 3 saturated carbocycles. The van der Waals surface area contributed by atoms with Crippen molar-refractivity contribution >= 4 is 5.78 Å². The molecule has 0 heterocycles. The molecule has 3 aliphatic carbocycles. The van der Waals surface area contributed by atoms with Gasteiger partial charge in [0, 0.05) is 12.3 Å². The van der Waals surface area contributed by atoms with E-state index in [0.29, 0.717) is 17.1 Å². The van der Waals surface area contributed by atoms with Gasteiger partial charge in [-0.3, -0.25) is 4.79 Å². The Morgan fingerprint density at radius 3 is 2.33 bits per heavy atom. The predicted octanol–water partition coefficient (Wildman–Crippen LogP) is 4.60. The second-order valence-corrected chi connectivity index (χ2v) is 8.04. The molecule has 0 amide bonds. The standard InChI is InChI=1S/C17H28O/c1-17(2)7-5-13(6-8-17)16(18)11-15-10-12-3-4-14(15)9-12/h12-15H,3-11H2,1-2H3. The van der Waals surface area contributed by atoms with E-state index in [-0.39, 0.29) is 0 Å². The Kier molecular flexibility index (Phi) is 3.28. The summed E-state index contributed by atoms with van der Waals surface area (Å²) >= 11 is 0. The van der Waals surface area contributed by atoms with Crippen molar-refractivity contribution in [1.82, 2.24) is 0 Å². The highest BCUT2D eigenvalue weighted by Crippen LogP contribution is 2.50. The molecule has 3 fully saturated rings. The van der Waals surface area contributed by atoms with Crippen LogP contribution in [0, 0.1) is 29.1 Å². The molecule has 3 aliphatic rings. The summed E-state index contributed by atoms with van der Waals surface area (Å²) in [6, 6.07) is 0. The fourth-order valence-electron chi connectivity index (χ4n) is 4.77. The second-order valence-electron chi connectivity index (χ2n) is 8.04. The molecule has 3 unspecified atom stereocenters. The monoisotopic (exact) mass is 248 g/mol. The van der Waals surface area contributed by atoms with E-state index in [4.69, 9.17) is 0 Å². The van der Waals surface area contributed by atoms with Gasteiger partial charge >= 0.3 is 0 Å². The van der Waals surface area contributed by atoms with E-state index < -0.39 is 0 Å². The van der Waals surface area contributed by atoms with E-state index in [1.165, 1.54) is 38.5 Å². The third kappa shape index (κ3) is 2.51. The third-order valence-electron chi connectivity index (χ3n) is 6.14. The van der Waals surface area contributed by atoms with Gasteiger partial charge in [-0.2, -0.15) is 0 Å². The molecule has 0 spiro atoms. The zero-order chi connectivity index (χ0) is 12.8. The first kappa shape index (κ1) is 12.7. The van der Waals surface area contributed by atoms with Gasteiger partial charge in [0.25, 0.3) is 0 Å². The maximum absolute atomic E-state index is 12.4. The average Bonchev–Trinajstić information content (AvgIpc) is 2.90. The summed E-state index contributed by atoms with van der Waals surface area (Å²) in [5.74, 6) is 3.70. The van der Waals surface area contributed by atoms with Gasteiger partial charge in [-0.15, -0.1) is 0 Å². The Morgan fingerprint density at radius 2 is 1.78 bits per heavy atom. The van der Waals surface area contributed by atoms with Gasteiger partial charge in [-0.25, -0.2) is 0 Å². The van der Waals surface area contributed by atoms with Crippen LogP contribution in [-0.2, 0) is 4.79 Å². The molecule has 3 atom stereocenters. The maximum Gasteiger partial charge on any atom is 0.136 e. The molecule has 1 nitrogen and oxygen atoms in total. The van der Waals surface area contributed by atoms with Crippen LogP contribution < -0.4 is 0 Å². The van der Waals surface area contributed by atoms with Crippen molar-refractivity contribution in [3.63, 3.8) is 0 Å². The first-order valence-corrected chi connectivity index (χ1v) is 8.06. The van der Waals surface area contributed by atoms with Gasteiger partial charge in [-0.1, -0.05) is 20.3 Å². The van der Waals surface area contributed by atoms with Gasteiger partial charge < -0.3 is 0 Å². The average molecular weight is 248 g/mol. The van der Waals surface area contributed by atoms with Gasteiger partial charge in [0.2, 0.25) is 0 Å². The van der Waals surface area contributed by atoms with Crippen LogP contribution in [0.15, 0.2) is 0 Å². The summed E-state index contributed by atoms with van der Waals surface area (Å²) in [7, 11) is 0. The lowest BCUT2D eigenvalue weighted by Gasteiger charge is -2.34. The molecule has 0 aromatic carbocycles. The number of hydrogen-bond donors (Lipinski definition) is 0. The number of fused-ring (bicyclic) bond motifs is 2. The van der Waals surface area contributed by atoms with Gasteiger partial charge in [0.15, 0.2) is 0 Å². The summed E-state index contributed by atoms with van der Waals surface area (Å²) in [5, 5.41) is 0. The van der Waals surface area contributed by atoms with E-state index >= 15 is 0 Å². The normalized spacial score (nSPS) is 39.1. The van der Waals surface area contributed by atoms with Crippen molar-refractivity contribution in [2.45, 2.75) is 71.6 Å². The molecule has 18 heavy (non-hydrogen) atoms. The maximum atomic E-state index is 12.4. The summed E-state index contributed by atoms with van der Waals surface area (Å²) < 4.78 is 0. The molecule has 0 aromatic heterocycles. The fraction of sp³-hybridized carbons (Fsp3) is 0.941. The highest BCUT2D eigenvalue weighted by Gasteiger charge is 2.41. The number of carbonyl (C=O) groups is 1. The molecule has 102 valence electrons. The van der Waals surface area contributed by atoms with Crippen LogP contribution in [0.1, 0.15) is 71.6 Å². The zero-order valence-corrected chi connectivity index (χ0v) is 12.1. The molecular formula is C17H28O. The van der Waals surface area contributed by atoms with E-state index in [1.807, 2.05) is 0 Å². The topological polar surface area (TPSA) is 17.1 Å². The highest BCUT2D eigenvalue weighted by atomic mass is 16.1. The van der Waals surface area contributed by atoms with Gasteiger partial charge in [0.1, 0.15) is 5.78 Å².